The number of rotatable bonds is 5. The van der Waals surface area contributed by atoms with Gasteiger partial charge in [-0.1, -0.05) is 6.92 Å². The number of aliphatic carboxylic acids is 1. The average molecular weight is 300 g/mol. The smallest absolute Gasteiger partial charge is 0.310 e. The molecule has 2 atom stereocenters. The highest BCUT2D eigenvalue weighted by Gasteiger charge is 2.42. The predicted molar refractivity (Wildman–Crippen MR) is 69.5 cm³/mol. The van der Waals surface area contributed by atoms with E-state index in [1.54, 1.807) is 6.92 Å². The molecule has 1 aliphatic heterocycles. The highest BCUT2D eigenvalue weighted by molar-refractivity contribution is 7.89. The number of aromatic nitrogens is 1. The topological polar surface area (TPSA) is 96.8 Å². The summed E-state index contributed by atoms with van der Waals surface area (Å²) in [6.07, 6.45) is 2.73. The van der Waals surface area contributed by atoms with Gasteiger partial charge < -0.3 is 9.84 Å². The average Bonchev–Trinajstić information content (AvgIpc) is 2.89. The molecule has 7 nitrogen and oxygen atoms in total. The fourth-order valence-corrected chi connectivity index (χ4v) is 3.90. The van der Waals surface area contributed by atoms with Gasteiger partial charge in [0.25, 0.3) is 0 Å². The van der Waals surface area contributed by atoms with Crippen LogP contribution in [0.4, 0.5) is 0 Å². The molecule has 0 spiro atoms. The fourth-order valence-electron chi connectivity index (χ4n) is 2.28. The second-order valence-electron chi connectivity index (χ2n) is 4.45. The third kappa shape index (κ3) is 2.67. The van der Waals surface area contributed by atoms with E-state index in [4.69, 9.17) is 9.84 Å². The van der Waals surface area contributed by atoms with E-state index >= 15 is 0 Å². The van der Waals surface area contributed by atoms with Crippen molar-refractivity contribution in [1.29, 1.82) is 0 Å². The second kappa shape index (κ2) is 5.86. The SMILES string of the molecule is CCN(C1COCC1C(=O)O)S(=O)(=O)c1cccnc1. The number of carboxylic acids is 1. The van der Waals surface area contributed by atoms with Crippen molar-refractivity contribution in [2.75, 3.05) is 19.8 Å². The Morgan fingerprint density at radius 3 is 2.85 bits per heavy atom. The minimum atomic E-state index is -3.77. The van der Waals surface area contributed by atoms with Crippen LogP contribution in [0.3, 0.4) is 0 Å². The number of nitrogens with zero attached hydrogens (tertiary/aromatic N) is 2. The molecule has 1 aromatic rings. The molecular formula is C12H16N2O5S. The molecule has 1 aliphatic rings. The van der Waals surface area contributed by atoms with Crippen molar-refractivity contribution >= 4 is 16.0 Å². The van der Waals surface area contributed by atoms with Crippen molar-refractivity contribution in [3.8, 4) is 0 Å². The molecule has 20 heavy (non-hydrogen) atoms. The van der Waals surface area contributed by atoms with Crippen molar-refractivity contribution in [3.63, 3.8) is 0 Å². The Labute approximate surface area is 117 Å². The van der Waals surface area contributed by atoms with Gasteiger partial charge in [-0.15, -0.1) is 0 Å². The molecule has 0 aliphatic carbocycles. The van der Waals surface area contributed by atoms with Gasteiger partial charge in [0.15, 0.2) is 0 Å². The summed E-state index contributed by atoms with van der Waals surface area (Å²) in [5.74, 6) is -1.89. The summed E-state index contributed by atoms with van der Waals surface area (Å²) in [6, 6.07) is 2.28. The lowest BCUT2D eigenvalue weighted by atomic mass is 10.0. The Morgan fingerprint density at radius 1 is 1.55 bits per heavy atom. The maximum absolute atomic E-state index is 12.6. The van der Waals surface area contributed by atoms with Crippen LogP contribution in [0, 0.1) is 5.92 Å². The van der Waals surface area contributed by atoms with Crippen molar-refractivity contribution in [2.45, 2.75) is 17.9 Å². The van der Waals surface area contributed by atoms with E-state index in [2.05, 4.69) is 4.98 Å². The van der Waals surface area contributed by atoms with Gasteiger partial charge in [-0.25, -0.2) is 8.42 Å². The molecule has 2 heterocycles. The summed E-state index contributed by atoms with van der Waals surface area (Å²) in [5.41, 5.74) is 0. The highest BCUT2D eigenvalue weighted by atomic mass is 32.2. The van der Waals surface area contributed by atoms with Crippen molar-refractivity contribution in [3.05, 3.63) is 24.5 Å². The molecule has 1 fully saturated rings. The molecule has 2 rings (SSSR count). The molecule has 0 bridgehead atoms. The van der Waals surface area contributed by atoms with E-state index in [9.17, 15) is 13.2 Å². The molecule has 1 N–H and O–H groups in total. The lowest BCUT2D eigenvalue weighted by Crippen LogP contribution is -2.46. The molecule has 110 valence electrons. The summed E-state index contributed by atoms with van der Waals surface area (Å²) >= 11 is 0. The van der Waals surface area contributed by atoms with Crippen LogP contribution in [-0.2, 0) is 19.6 Å². The van der Waals surface area contributed by atoms with Gasteiger partial charge in [-0.05, 0) is 12.1 Å². The molecule has 2 unspecified atom stereocenters. The van der Waals surface area contributed by atoms with Crippen LogP contribution < -0.4 is 0 Å². The summed E-state index contributed by atoms with van der Waals surface area (Å²) in [7, 11) is -3.77. The van der Waals surface area contributed by atoms with Crippen LogP contribution in [0.15, 0.2) is 29.4 Å². The third-order valence-corrected chi connectivity index (χ3v) is 5.27. The molecule has 0 saturated carbocycles. The lowest BCUT2D eigenvalue weighted by molar-refractivity contribution is -0.142. The summed E-state index contributed by atoms with van der Waals surface area (Å²) in [5, 5.41) is 9.15. The van der Waals surface area contributed by atoms with E-state index in [-0.39, 0.29) is 24.7 Å². The number of likely N-dealkylation sites (N-methyl/N-ethyl adjacent to an activating group) is 1. The first-order valence-electron chi connectivity index (χ1n) is 6.21. The van der Waals surface area contributed by atoms with Gasteiger partial charge >= 0.3 is 5.97 Å². The van der Waals surface area contributed by atoms with E-state index in [0.717, 1.165) is 0 Å². The van der Waals surface area contributed by atoms with Gasteiger partial charge in [0.2, 0.25) is 10.0 Å². The van der Waals surface area contributed by atoms with E-state index in [1.807, 2.05) is 0 Å². The van der Waals surface area contributed by atoms with Crippen molar-refractivity contribution < 1.29 is 23.1 Å². The highest BCUT2D eigenvalue weighted by Crippen LogP contribution is 2.25. The van der Waals surface area contributed by atoms with Crippen LogP contribution in [0.1, 0.15) is 6.92 Å². The molecule has 0 amide bonds. The first kappa shape index (κ1) is 14.9. The first-order chi connectivity index (χ1) is 9.48. The standard InChI is InChI=1S/C12H16N2O5S/c1-2-14(11-8-19-7-10(11)12(15)16)20(17,18)9-4-3-5-13-6-9/h3-6,10-11H,2,7-8H2,1H3,(H,15,16). The molecule has 0 aromatic carbocycles. The van der Waals surface area contributed by atoms with Crippen molar-refractivity contribution in [2.24, 2.45) is 5.92 Å². The maximum atomic E-state index is 12.6. The molecule has 1 saturated heterocycles. The van der Waals surface area contributed by atoms with Gasteiger partial charge in [-0.3, -0.25) is 9.78 Å². The van der Waals surface area contributed by atoms with Gasteiger partial charge in [0.05, 0.1) is 25.2 Å². The Kier molecular flexibility index (Phi) is 4.36. The van der Waals surface area contributed by atoms with Gasteiger partial charge in [0, 0.05) is 18.9 Å². The largest absolute Gasteiger partial charge is 0.481 e. The zero-order valence-corrected chi connectivity index (χ0v) is 11.8. The number of carbonyl (C=O) groups is 1. The number of hydrogen-bond donors (Lipinski definition) is 1. The van der Waals surface area contributed by atoms with E-state index in [1.165, 1.54) is 28.8 Å². The van der Waals surface area contributed by atoms with Gasteiger partial charge in [0.1, 0.15) is 4.90 Å². The summed E-state index contributed by atoms with van der Waals surface area (Å²) in [4.78, 5) is 15.0. The van der Waals surface area contributed by atoms with Crippen LogP contribution in [0.5, 0.6) is 0 Å². The number of ether oxygens (including phenoxy) is 1. The first-order valence-corrected chi connectivity index (χ1v) is 7.65. The van der Waals surface area contributed by atoms with Crippen LogP contribution in [-0.4, -0.2) is 54.6 Å². The van der Waals surface area contributed by atoms with Crippen LogP contribution >= 0.6 is 0 Å². The Bertz CT molecular complexity index is 575. The van der Waals surface area contributed by atoms with Crippen LogP contribution in [0.2, 0.25) is 0 Å². The number of hydrogen-bond acceptors (Lipinski definition) is 5. The third-order valence-electron chi connectivity index (χ3n) is 3.29. The van der Waals surface area contributed by atoms with Crippen molar-refractivity contribution in [1.82, 2.24) is 9.29 Å². The monoisotopic (exact) mass is 300 g/mol. The maximum Gasteiger partial charge on any atom is 0.310 e. The lowest BCUT2D eigenvalue weighted by Gasteiger charge is -2.28. The minimum absolute atomic E-state index is 0.0268. The molecular weight excluding hydrogens is 284 g/mol. The zero-order chi connectivity index (χ0) is 14.8. The normalized spacial score (nSPS) is 23.1. The number of carboxylic acid groups (broad SMARTS) is 1. The van der Waals surface area contributed by atoms with E-state index in [0.29, 0.717) is 0 Å². The Balaban J connectivity index is 2.35. The molecule has 8 heteroatoms. The number of sulfonamides is 1. The predicted octanol–water partition coefficient (Wildman–Crippen LogP) is 0.192. The molecule has 0 radical (unpaired) electrons. The number of pyridine rings is 1. The fraction of sp³-hybridized carbons (Fsp3) is 0.500. The van der Waals surface area contributed by atoms with Crippen LogP contribution in [0.25, 0.3) is 0 Å². The Morgan fingerprint density at radius 2 is 2.30 bits per heavy atom. The Hall–Kier alpha value is -1.51. The van der Waals surface area contributed by atoms with Gasteiger partial charge in [-0.2, -0.15) is 4.31 Å². The summed E-state index contributed by atoms with van der Waals surface area (Å²) in [6.45, 7) is 1.96. The minimum Gasteiger partial charge on any atom is -0.481 e. The molecule has 1 aromatic heterocycles. The zero-order valence-electron chi connectivity index (χ0n) is 11.0. The summed E-state index contributed by atoms with van der Waals surface area (Å²) < 4.78 is 31.4. The second-order valence-corrected chi connectivity index (χ2v) is 6.34. The quantitative estimate of drug-likeness (QED) is 0.834. The van der Waals surface area contributed by atoms with E-state index < -0.39 is 28.0 Å².